The van der Waals surface area contributed by atoms with Gasteiger partial charge in [0.2, 0.25) is 0 Å². The van der Waals surface area contributed by atoms with E-state index in [-0.39, 0.29) is 0 Å². The first-order chi connectivity index (χ1) is 12.1. The van der Waals surface area contributed by atoms with Crippen molar-refractivity contribution in [3.63, 3.8) is 0 Å². The average Bonchev–Trinajstić information content (AvgIpc) is 3.31. The number of likely N-dealkylation sites (tertiary alicyclic amines) is 1. The third-order valence-electron chi connectivity index (χ3n) is 4.42. The molecule has 3 heterocycles. The second-order valence-corrected chi connectivity index (χ2v) is 6.73. The molecule has 0 aromatic carbocycles. The van der Waals surface area contributed by atoms with Crippen LogP contribution in [0.25, 0.3) is 0 Å². The number of hydrogen-bond donors (Lipinski definition) is 1. The summed E-state index contributed by atoms with van der Waals surface area (Å²) in [5.41, 5.74) is 2.37. The van der Waals surface area contributed by atoms with Gasteiger partial charge in [0.25, 0.3) is 0 Å². The smallest absolute Gasteiger partial charge is 0.194 e. The summed E-state index contributed by atoms with van der Waals surface area (Å²) < 4.78 is 7.27. The van der Waals surface area contributed by atoms with Gasteiger partial charge < -0.3 is 14.6 Å². The largest absolute Gasteiger partial charge is 0.469 e. The first-order valence-electron chi connectivity index (χ1n) is 8.80. The molecule has 2 aromatic heterocycles. The third kappa shape index (κ3) is 4.75. The van der Waals surface area contributed by atoms with E-state index in [2.05, 4.69) is 28.1 Å². The molecule has 6 heteroatoms. The number of nitrogens with zero attached hydrogens (tertiary/aromatic N) is 4. The lowest BCUT2D eigenvalue weighted by Gasteiger charge is -2.22. The highest BCUT2D eigenvalue weighted by atomic mass is 16.3. The molecule has 0 bridgehead atoms. The molecule has 1 fully saturated rings. The normalized spacial score (nSPS) is 17.9. The molecule has 6 nitrogen and oxygen atoms in total. The minimum absolute atomic E-state index is 0.510. The van der Waals surface area contributed by atoms with Gasteiger partial charge in [-0.2, -0.15) is 5.10 Å². The molecule has 0 saturated carbocycles. The topological polar surface area (TPSA) is 58.6 Å². The lowest BCUT2D eigenvalue weighted by molar-refractivity contribution is 0.476. The Kier molecular flexibility index (Phi) is 5.58. The fourth-order valence-corrected chi connectivity index (χ4v) is 3.11. The molecule has 0 spiro atoms. The predicted molar refractivity (Wildman–Crippen MR) is 99.7 cm³/mol. The van der Waals surface area contributed by atoms with Gasteiger partial charge in [0.05, 0.1) is 19.0 Å². The van der Waals surface area contributed by atoms with E-state index < -0.39 is 0 Å². The van der Waals surface area contributed by atoms with Gasteiger partial charge in [0.15, 0.2) is 5.96 Å². The first kappa shape index (κ1) is 17.3. The van der Waals surface area contributed by atoms with E-state index in [1.807, 2.05) is 37.0 Å². The van der Waals surface area contributed by atoms with Crippen molar-refractivity contribution in [1.82, 2.24) is 20.0 Å². The van der Waals surface area contributed by atoms with E-state index in [9.17, 15) is 0 Å². The van der Waals surface area contributed by atoms with Crippen LogP contribution in [0.4, 0.5) is 0 Å². The number of aryl methyl sites for hydroxylation is 1. The summed E-state index contributed by atoms with van der Waals surface area (Å²) in [6.45, 7) is 9.39. The molecule has 0 amide bonds. The Morgan fingerprint density at radius 1 is 1.52 bits per heavy atom. The quantitative estimate of drug-likeness (QED) is 0.498. The Morgan fingerprint density at radius 2 is 2.40 bits per heavy atom. The third-order valence-corrected chi connectivity index (χ3v) is 4.42. The van der Waals surface area contributed by atoms with Crippen LogP contribution >= 0.6 is 0 Å². The standard InChI is InChI=1S/C19H27N5O/c1-15(2)11-21-19(20-8-6-18-5-4-10-25-18)24-9-7-16(14-24)17-12-22-23(3)13-17/h4-5,10,12-13,16H,1,6-9,11,14H2,2-3H3,(H,20,21). The van der Waals surface area contributed by atoms with Crippen molar-refractivity contribution >= 4 is 5.96 Å². The van der Waals surface area contributed by atoms with Crippen molar-refractivity contribution in [1.29, 1.82) is 0 Å². The van der Waals surface area contributed by atoms with Crippen LogP contribution in [0, 0.1) is 0 Å². The Bertz CT molecular complexity index is 716. The Morgan fingerprint density at radius 3 is 3.08 bits per heavy atom. The molecule has 134 valence electrons. The SMILES string of the molecule is C=C(C)CN=C(NCCc1ccco1)N1CCC(c2cnn(C)c2)C1. The van der Waals surface area contributed by atoms with Gasteiger partial charge in [0, 0.05) is 45.2 Å². The Hall–Kier alpha value is -2.50. The fourth-order valence-electron chi connectivity index (χ4n) is 3.11. The van der Waals surface area contributed by atoms with Crippen LogP contribution in [0.15, 0.2) is 52.4 Å². The molecular formula is C19H27N5O. The maximum atomic E-state index is 5.40. The molecular weight excluding hydrogens is 314 g/mol. The van der Waals surface area contributed by atoms with E-state index >= 15 is 0 Å². The molecule has 1 saturated heterocycles. The molecule has 2 aromatic rings. The monoisotopic (exact) mass is 341 g/mol. The number of hydrogen-bond acceptors (Lipinski definition) is 3. The molecule has 0 radical (unpaired) electrons. The zero-order valence-electron chi connectivity index (χ0n) is 15.1. The van der Waals surface area contributed by atoms with Crippen molar-refractivity contribution in [3.8, 4) is 0 Å². The van der Waals surface area contributed by atoms with Crippen molar-refractivity contribution in [2.45, 2.75) is 25.7 Å². The summed E-state index contributed by atoms with van der Waals surface area (Å²) in [5.74, 6) is 2.46. The number of nitrogens with one attached hydrogen (secondary N) is 1. The second-order valence-electron chi connectivity index (χ2n) is 6.73. The number of rotatable bonds is 6. The first-order valence-corrected chi connectivity index (χ1v) is 8.80. The molecule has 3 rings (SSSR count). The van der Waals surface area contributed by atoms with Crippen LogP contribution in [-0.2, 0) is 13.5 Å². The van der Waals surface area contributed by atoms with Gasteiger partial charge in [-0.3, -0.25) is 4.68 Å². The van der Waals surface area contributed by atoms with E-state index in [0.29, 0.717) is 12.5 Å². The zero-order chi connectivity index (χ0) is 17.6. The predicted octanol–water partition coefficient (Wildman–Crippen LogP) is 2.57. The Labute approximate surface area is 149 Å². The minimum Gasteiger partial charge on any atom is -0.469 e. The highest BCUT2D eigenvalue weighted by molar-refractivity contribution is 5.80. The number of aromatic nitrogens is 2. The number of furan rings is 1. The summed E-state index contributed by atoms with van der Waals surface area (Å²) in [6.07, 6.45) is 7.77. The van der Waals surface area contributed by atoms with Crippen molar-refractivity contribution in [2.75, 3.05) is 26.2 Å². The molecule has 1 unspecified atom stereocenters. The highest BCUT2D eigenvalue weighted by Crippen LogP contribution is 2.26. The molecule has 1 atom stereocenters. The molecule has 1 aliphatic rings. The van der Waals surface area contributed by atoms with Crippen LogP contribution in [0.2, 0.25) is 0 Å². The van der Waals surface area contributed by atoms with E-state index in [4.69, 9.17) is 9.41 Å². The number of aliphatic imine (C=N–C) groups is 1. The summed E-state index contributed by atoms with van der Waals surface area (Å²) in [6, 6.07) is 3.92. The van der Waals surface area contributed by atoms with Gasteiger partial charge >= 0.3 is 0 Å². The maximum absolute atomic E-state index is 5.40. The van der Waals surface area contributed by atoms with Gasteiger partial charge in [-0.1, -0.05) is 12.2 Å². The molecule has 0 aliphatic carbocycles. The lowest BCUT2D eigenvalue weighted by atomic mass is 10.0. The van der Waals surface area contributed by atoms with Gasteiger partial charge in [-0.15, -0.1) is 0 Å². The van der Waals surface area contributed by atoms with Crippen LogP contribution in [0.5, 0.6) is 0 Å². The zero-order valence-corrected chi connectivity index (χ0v) is 15.1. The molecule has 25 heavy (non-hydrogen) atoms. The summed E-state index contributed by atoms with van der Waals surface area (Å²) in [7, 11) is 1.96. The van der Waals surface area contributed by atoms with Gasteiger partial charge in [0.1, 0.15) is 5.76 Å². The Balaban J connectivity index is 1.60. The van der Waals surface area contributed by atoms with Gasteiger partial charge in [-0.05, 0) is 31.0 Å². The molecule has 1 aliphatic heterocycles. The van der Waals surface area contributed by atoms with Gasteiger partial charge in [-0.25, -0.2) is 4.99 Å². The minimum atomic E-state index is 0.510. The summed E-state index contributed by atoms with van der Waals surface area (Å²) >= 11 is 0. The van der Waals surface area contributed by atoms with Crippen LogP contribution < -0.4 is 5.32 Å². The van der Waals surface area contributed by atoms with Crippen molar-refractivity contribution < 1.29 is 4.42 Å². The molecule has 1 N–H and O–H groups in total. The maximum Gasteiger partial charge on any atom is 0.194 e. The summed E-state index contributed by atoms with van der Waals surface area (Å²) in [5, 5.41) is 7.79. The van der Waals surface area contributed by atoms with E-state index in [1.165, 1.54) is 5.56 Å². The second kappa shape index (κ2) is 8.05. The van der Waals surface area contributed by atoms with Crippen molar-refractivity contribution in [2.24, 2.45) is 12.0 Å². The van der Waals surface area contributed by atoms with Crippen LogP contribution in [0.1, 0.15) is 30.6 Å². The highest BCUT2D eigenvalue weighted by Gasteiger charge is 2.27. The lowest BCUT2D eigenvalue weighted by Crippen LogP contribution is -2.41. The average molecular weight is 341 g/mol. The van der Waals surface area contributed by atoms with E-state index in [0.717, 1.165) is 49.8 Å². The van der Waals surface area contributed by atoms with Crippen LogP contribution in [-0.4, -0.2) is 46.8 Å². The van der Waals surface area contributed by atoms with E-state index in [1.54, 1.807) is 6.26 Å². The summed E-state index contributed by atoms with van der Waals surface area (Å²) in [4.78, 5) is 7.07. The van der Waals surface area contributed by atoms with Crippen LogP contribution in [0.3, 0.4) is 0 Å². The number of guanidine groups is 1. The van der Waals surface area contributed by atoms with Crippen molar-refractivity contribution in [3.05, 3.63) is 54.3 Å². The fraction of sp³-hybridized carbons (Fsp3) is 0.474.